The molecule has 0 saturated heterocycles. The van der Waals surface area contributed by atoms with Gasteiger partial charge in [0, 0.05) is 0 Å². The van der Waals surface area contributed by atoms with E-state index >= 15 is 0 Å². The Bertz CT molecular complexity index is 409. The summed E-state index contributed by atoms with van der Waals surface area (Å²) in [6, 6.07) is 0. The zero-order valence-electron chi connectivity index (χ0n) is 10.5. The highest BCUT2D eigenvalue weighted by Crippen LogP contribution is 2.71. The van der Waals surface area contributed by atoms with Crippen LogP contribution in [-0.2, 0) is 0 Å². The first-order valence-electron chi connectivity index (χ1n) is 7.26. The molecule has 0 spiro atoms. The number of aliphatic hydroxyl groups excluding tert-OH is 1. The molecule has 8 unspecified atom stereocenters. The molecule has 0 aromatic carbocycles. The van der Waals surface area contributed by atoms with Crippen molar-refractivity contribution >= 4 is 0 Å². The zero-order chi connectivity index (χ0) is 13.6. The van der Waals surface area contributed by atoms with Crippen LogP contribution >= 0.6 is 0 Å². The van der Waals surface area contributed by atoms with Crippen LogP contribution in [0.4, 0.5) is 17.6 Å². The third kappa shape index (κ3) is 1.40. The molecule has 108 valence electrons. The lowest BCUT2D eigenvalue weighted by Crippen LogP contribution is -2.54. The lowest BCUT2D eigenvalue weighted by Gasteiger charge is -2.44. The van der Waals surface area contributed by atoms with Gasteiger partial charge in [0.15, 0.2) is 6.10 Å². The molecule has 19 heavy (non-hydrogen) atoms. The highest BCUT2D eigenvalue weighted by Gasteiger charge is 2.72. The Hall–Kier alpha value is -0.320. The third-order valence-corrected chi connectivity index (χ3v) is 6.57. The van der Waals surface area contributed by atoms with E-state index in [1.165, 1.54) is 6.42 Å². The predicted molar refractivity (Wildman–Crippen MR) is 59.9 cm³/mol. The van der Waals surface area contributed by atoms with Crippen LogP contribution in [-0.4, -0.2) is 23.1 Å². The fourth-order valence-corrected chi connectivity index (χ4v) is 6.19. The summed E-state index contributed by atoms with van der Waals surface area (Å²) in [5, 5.41) is 9.46. The molecule has 0 heterocycles. The summed E-state index contributed by atoms with van der Waals surface area (Å²) in [5.74, 6) is 1.12. The SMILES string of the molecule is OC(C(F)(F)F)C1(F)CC2CC1C1C3CCC(C3)C21. The Labute approximate surface area is 109 Å². The lowest BCUT2D eigenvalue weighted by molar-refractivity contribution is -0.255. The minimum Gasteiger partial charge on any atom is -0.381 e. The van der Waals surface area contributed by atoms with E-state index in [4.69, 9.17) is 0 Å². The molecular weight excluding hydrogens is 260 g/mol. The fourth-order valence-electron chi connectivity index (χ4n) is 6.19. The van der Waals surface area contributed by atoms with Gasteiger partial charge in [0.2, 0.25) is 0 Å². The third-order valence-electron chi connectivity index (χ3n) is 6.57. The van der Waals surface area contributed by atoms with Gasteiger partial charge in [-0.1, -0.05) is 0 Å². The van der Waals surface area contributed by atoms with E-state index in [1.54, 1.807) is 0 Å². The van der Waals surface area contributed by atoms with Crippen molar-refractivity contribution in [3.63, 3.8) is 0 Å². The number of rotatable bonds is 1. The largest absolute Gasteiger partial charge is 0.417 e. The van der Waals surface area contributed by atoms with Crippen LogP contribution in [0.3, 0.4) is 0 Å². The van der Waals surface area contributed by atoms with Crippen molar-refractivity contribution < 1.29 is 22.7 Å². The van der Waals surface area contributed by atoms with Gasteiger partial charge in [-0.2, -0.15) is 13.2 Å². The molecule has 4 saturated carbocycles. The van der Waals surface area contributed by atoms with Gasteiger partial charge in [-0.25, -0.2) is 4.39 Å². The van der Waals surface area contributed by atoms with Gasteiger partial charge in [-0.15, -0.1) is 0 Å². The van der Waals surface area contributed by atoms with Crippen LogP contribution in [0.1, 0.15) is 32.1 Å². The van der Waals surface area contributed by atoms with Gasteiger partial charge in [0.05, 0.1) is 0 Å². The summed E-state index contributed by atoms with van der Waals surface area (Å²) in [4.78, 5) is 0. The molecule has 5 heteroatoms. The van der Waals surface area contributed by atoms with Crippen molar-refractivity contribution in [2.24, 2.45) is 35.5 Å². The number of fused-ring (bicyclic) bond motifs is 9. The quantitative estimate of drug-likeness (QED) is 0.576. The highest BCUT2D eigenvalue weighted by atomic mass is 19.4. The van der Waals surface area contributed by atoms with Gasteiger partial charge < -0.3 is 5.11 Å². The predicted octanol–water partition coefficient (Wildman–Crippen LogP) is 3.32. The maximum Gasteiger partial charge on any atom is 0.417 e. The van der Waals surface area contributed by atoms with Crippen molar-refractivity contribution in [3.8, 4) is 0 Å². The average molecular weight is 278 g/mol. The maximum absolute atomic E-state index is 14.9. The number of halogens is 4. The molecule has 4 aliphatic carbocycles. The highest BCUT2D eigenvalue weighted by molar-refractivity contribution is 5.18. The second-order valence-electron chi connectivity index (χ2n) is 7.17. The summed E-state index contributed by atoms with van der Waals surface area (Å²) in [6.45, 7) is 0. The zero-order valence-corrected chi connectivity index (χ0v) is 10.5. The Morgan fingerprint density at radius 1 is 1.00 bits per heavy atom. The summed E-state index contributed by atoms with van der Waals surface area (Å²) >= 11 is 0. The molecule has 0 aliphatic heterocycles. The Kier molecular flexibility index (Phi) is 2.27. The molecule has 0 aromatic heterocycles. The van der Waals surface area contributed by atoms with Crippen LogP contribution in [0.5, 0.6) is 0 Å². The van der Waals surface area contributed by atoms with Crippen LogP contribution < -0.4 is 0 Å². The standard InChI is InChI=1S/C14H18F4O/c15-13(12(19)14(16,17)18)5-8-4-9(13)11-7-2-1-6(3-7)10(8)11/h6-12,19H,1-5H2. The number of aliphatic hydroxyl groups is 1. The van der Waals surface area contributed by atoms with Gasteiger partial charge in [0.25, 0.3) is 0 Å². The Morgan fingerprint density at radius 3 is 2.26 bits per heavy atom. The molecule has 8 atom stereocenters. The average Bonchev–Trinajstić information content (AvgIpc) is 3.02. The van der Waals surface area contributed by atoms with E-state index in [2.05, 4.69) is 0 Å². The molecular formula is C14H18F4O. The van der Waals surface area contributed by atoms with E-state index < -0.39 is 23.9 Å². The smallest absolute Gasteiger partial charge is 0.381 e. The Morgan fingerprint density at radius 2 is 1.63 bits per heavy atom. The maximum atomic E-state index is 14.9. The molecule has 0 amide bonds. The van der Waals surface area contributed by atoms with Crippen LogP contribution in [0.2, 0.25) is 0 Å². The number of alkyl halides is 4. The molecule has 4 aliphatic rings. The molecule has 4 rings (SSSR count). The van der Waals surface area contributed by atoms with E-state index in [-0.39, 0.29) is 18.3 Å². The summed E-state index contributed by atoms with van der Waals surface area (Å²) < 4.78 is 53.0. The molecule has 4 bridgehead atoms. The second-order valence-corrected chi connectivity index (χ2v) is 7.17. The first-order chi connectivity index (χ1) is 8.82. The van der Waals surface area contributed by atoms with E-state index in [1.807, 2.05) is 0 Å². The molecule has 1 N–H and O–H groups in total. The van der Waals surface area contributed by atoms with Crippen molar-refractivity contribution in [3.05, 3.63) is 0 Å². The Balaban J connectivity index is 1.66. The topological polar surface area (TPSA) is 20.2 Å². The van der Waals surface area contributed by atoms with Crippen LogP contribution in [0, 0.1) is 35.5 Å². The van der Waals surface area contributed by atoms with E-state index in [0.29, 0.717) is 24.2 Å². The van der Waals surface area contributed by atoms with E-state index in [0.717, 1.165) is 12.8 Å². The van der Waals surface area contributed by atoms with Gasteiger partial charge in [-0.05, 0) is 67.6 Å². The normalized spacial score (nSPS) is 56.7. The van der Waals surface area contributed by atoms with Crippen molar-refractivity contribution in [1.82, 2.24) is 0 Å². The lowest BCUT2D eigenvalue weighted by atomic mass is 9.65. The van der Waals surface area contributed by atoms with Crippen molar-refractivity contribution in [2.45, 2.75) is 50.1 Å². The van der Waals surface area contributed by atoms with Gasteiger partial charge in [0.1, 0.15) is 5.67 Å². The minimum absolute atomic E-state index is 0.0762. The molecule has 0 radical (unpaired) electrons. The second kappa shape index (κ2) is 3.46. The van der Waals surface area contributed by atoms with Gasteiger partial charge in [-0.3, -0.25) is 0 Å². The first-order valence-corrected chi connectivity index (χ1v) is 7.26. The van der Waals surface area contributed by atoms with E-state index in [9.17, 15) is 22.7 Å². The van der Waals surface area contributed by atoms with Gasteiger partial charge >= 0.3 is 6.18 Å². The van der Waals surface area contributed by atoms with Crippen molar-refractivity contribution in [2.75, 3.05) is 0 Å². The number of hydrogen-bond donors (Lipinski definition) is 1. The summed E-state index contributed by atoms with van der Waals surface area (Å²) in [7, 11) is 0. The first kappa shape index (κ1) is 12.4. The summed E-state index contributed by atoms with van der Waals surface area (Å²) in [5.41, 5.74) is -2.42. The molecule has 1 nitrogen and oxygen atoms in total. The van der Waals surface area contributed by atoms with Crippen LogP contribution in [0.15, 0.2) is 0 Å². The fraction of sp³-hybridized carbons (Fsp3) is 1.00. The van der Waals surface area contributed by atoms with Crippen LogP contribution in [0.25, 0.3) is 0 Å². The summed E-state index contributed by atoms with van der Waals surface area (Å²) in [6.07, 6.45) is -3.85. The molecule has 4 fully saturated rings. The number of hydrogen-bond acceptors (Lipinski definition) is 1. The molecule has 0 aromatic rings. The monoisotopic (exact) mass is 278 g/mol. The van der Waals surface area contributed by atoms with Crippen molar-refractivity contribution in [1.29, 1.82) is 0 Å². The minimum atomic E-state index is -4.84.